The molecule has 2 aromatic carbocycles. The summed E-state index contributed by atoms with van der Waals surface area (Å²) in [6.45, 7) is 8.44. The van der Waals surface area contributed by atoms with E-state index in [0.717, 1.165) is 33.4 Å². The van der Waals surface area contributed by atoms with Crippen molar-refractivity contribution in [1.82, 2.24) is 14.8 Å². The van der Waals surface area contributed by atoms with Gasteiger partial charge < -0.3 is 39.0 Å². The van der Waals surface area contributed by atoms with Gasteiger partial charge in [-0.1, -0.05) is 37.3 Å². The van der Waals surface area contributed by atoms with Crippen LogP contribution in [-0.2, 0) is 45.8 Å². The number of carbonyl (C=O) groups is 3. The zero-order valence-electron chi connectivity index (χ0n) is 34.6. The minimum atomic E-state index is -2.30. The summed E-state index contributed by atoms with van der Waals surface area (Å²) in [6, 6.07) is 10.9. The number of esters is 3. The number of H-pyrrole nitrogens is 1. The summed E-state index contributed by atoms with van der Waals surface area (Å²) in [5.41, 5.74) is -1.68. The molecule has 58 heavy (non-hydrogen) atoms. The van der Waals surface area contributed by atoms with Crippen molar-refractivity contribution in [2.24, 2.45) is 11.3 Å². The van der Waals surface area contributed by atoms with E-state index in [1.165, 1.54) is 21.1 Å². The van der Waals surface area contributed by atoms with Gasteiger partial charge in [0.2, 0.25) is 5.60 Å². The first-order valence-corrected chi connectivity index (χ1v) is 20.7. The first kappa shape index (κ1) is 39.1. The molecule has 13 heteroatoms. The highest BCUT2D eigenvalue weighted by atomic mass is 16.6. The van der Waals surface area contributed by atoms with E-state index < -0.39 is 57.5 Å². The summed E-state index contributed by atoms with van der Waals surface area (Å²) < 4.78 is 23.9. The molecule has 3 fully saturated rings. The van der Waals surface area contributed by atoms with Gasteiger partial charge in [0.05, 0.1) is 33.0 Å². The van der Waals surface area contributed by atoms with Crippen molar-refractivity contribution in [1.29, 1.82) is 0 Å². The summed E-state index contributed by atoms with van der Waals surface area (Å²) in [4.78, 5) is 53.0. The van der Waals surface area contributed by atoms with E-state index in [1.807, 2.05) is 56.1 Å². The van der Waals surface area contributed by atoms with Crippen LogP contribution < -0.4 is 9.64 Å². The van der Waals surface area contributed by atoms with Crippen molar-refractivity contribution >= 4 is 34.5 Å². The standard InChI is InChI=1S/C45H56N4O9/c1-8-42-15-11-17-49-19-16-43(36(42)49)30-20-31(34(55-5)21-33(30)47(4)37(43)45(54,40(52)57-7)38(42)58-26(2)50)44(39(51)56-6)23-27-22-41(3,53)25-48(24-27)18-14-29-28-12-9-10-13-32(28)46-35(29)44/h9-13,15,20-21,27,36-38,46,53-54H,8,14,16-19,22-25H2,1-7H3/t27?,36?,37?,38-,41+,42-,43?,44-,45+/m1/s1. The molecule has 6 heterocycles. The Labute approximate surface area is 339 Å². The number of likely N-dealkylation sites (N-methyl/N-ethyl adjacent to an activating group) is 1. The van der Waals surface area contributed by atoms with Crippen molar-refractivity contribution in [2.75, 3.05) is 66.0 Å². The Balaban J connectivity index is 1.37. The third-order valence-corrected chi connectivity index (χ3v) is 15.0. The maximum Gasteiger partial charge on any atom is 0.344 e. The molecular weight excluding hydrogens is 741 g/mol. The number of aromatic nitrogens is 1. The number of anilines is 1. The molecule has 1 aliphatic carbocycles. The Kier molecular flexibility index (Phi) is 8.95. The number of carbonyl (C=O) groups excluding carboxylic acids is 3. The van der Waals surface area contributed by atoms with Crippen molar-refractivity contribution in [2.45, 2.75) is 93.1 Å². The van der Waals surface area contributed by atoms with E-state index in [1.54, 1.807) is 7.11 Å². The number of piperidine rings is 1. The van der Waals surface area contributed by atoms with Crippen LogP contribution in [0, 0.1) is 11.3 Å². The summed E-state index contributed by atoms with van der Waals surface area (Å²) in [5.74, 6) is -1.58. The van der Waals surface area contributed by atoms with Crippen LogP contribution >= 0.6 is 0 Å². The lowest BCUT2D eigenvalue weighted by atomic mass is 9.47. The topological polar surface area (TPSA) is 154 Å². The number of methoxy groups -OCH3 is 3. The van der Waals surface area contributed by atoms with Crippen LogP contribution in [-0.4, -0.2) is 133 Å². The van der Waals surface area contributed by atoms with Gasteiger partial charge in [-0.05, 0) is 74.8 Å². The van der Waals surface area contributed by atoms with Gasteiger partial charge in [0.25, 0.3) is 0 Å². The second-order valence-corrected chi connectivity index (χ2v) is 18.1. The van der Waals surface area contributed by atoms with Crippen molar-refractivity contribution < 1.29 is 43.5 Å². The molecule has 10 atom stereocenters. The number of hydrogen-bond donors (Lipinski definition) is 3. The number of nitrogens with one attached hydrogen (secondary N) is 1. The highest BCUT2D eigenvalue weighted by Crippen LogP contribution is 2.68. The van der Waals surface area contributed by atoms with E-state index in [-0.39, 0.29) is 12.0 Å². The second-order valence-electron chi connectivity index (χ2n) is 18.1. The van der Waals surface area contributed by atoms with E-state index >= 15 is 4.79 Å². The molecule has 0 radical (unpaired) electrons. The number of ether oxygens (including phenoxy) is 4. The Morgan fingerprint density at radius 2 is 1.74 bits per heavy atom. The number of rotatable bonds is 6. The summed E-state index contributed by atoms with van der Waals surface area (Å²) in [6.07, 6.45) is 5.32. The van der Waals surface area contributed by atoms with Crippen LogP contribution in [0.1, 0.15) is 68.8 Å². The van der Waals surface area contributed by atoms with Crippen LogP contribution in [0.3, 0.4) is 0 Å². The number of hydrogen-bond acceptors (Lipinski definition) is 12. The molecule has 2 saturated heterocycles. The van der Waals surface area contributed by atoms with Gasteiger partial charge in [0.1, 0.15) is 11.2 Å². The number of aromatic amines is 1. The number of aliphatic hydroxyl groups is 2. The zero-order chi connectivity index (χ0) is 41.2. The van der Waals surface area contributed by atoms with Crippen LogP contribution in [0.15, 0.2) is 48.6 Å². The molecule has 310 valence electrons. The highest BCUT2D eigenvalue weighted by molar-refractivity contribution is 5.95. The molecule has 0 amide bonds. The maximum absolute atomic E-state index is 15.3. The number of nitrogens with zero attached hydrogens (tertiary/aromatic N) is 3. The van der Waals surface area contributed by atoms with Gasteiger partial charge in [-0.25, -0.2) is 4.79 Å². The largest absolute Gasteiger partial charge is 0.496 e. The third kappa shape index (κ3) is 4.99. The molecule has 3 N–H and O–H groups in total. The molecule has 9 rings (SSSR count). The fourth-order valence-electron chi connectivity index (χ4n) is 13.4. The van der Waals surface area contributed by atoms with E-state index in [4.69, 9.17) is 18.9 Å². The fraction of sp³-hybridized carbons (Fsp3) is 0.578. The maximum atomic E-state index is 15.3. The molecule has 13 nitrogen and oxygen atoms in total. The summed E-state index contributed by atoms with van der Waals surface area (Å²) in [5, 5.41) is 26.0. The van der Waals surface area contributed by atoms with Crippen LogP contribution in [0.2, 0.25) is 0 Å². The number of fused-ring (bicyclic) bond motifs is 6. The van der Waals surface area contributed by atoms with Crippen molar-refractivity contribution in [3.63, 3.8) is 0 Å². The average molecular weight is 797 g/mol. The van der Waals surface area contributed by atoms with Gasteiger partial charge in [0.15, 0.2) is 6.10 Å². The van der Waals surface area contributed by atoms with Gasteiger partial charge in [-0.2, -0.15) is 0 Å². The molecule has 3 aromatic rings. The molecule has 5 unspecified atom stereocenters. The SMILES string of the molecule is CC[C@]12C=CCN3CCC4(c5cc([C@]6(C(=O)OC)CC7CN(CCc8c6[nH]c6ccccc86)C[C@@](C)(O)C7)c(OC)cc5N(C)C4[C@@](O)(C(=O)OC)[C@@H]1OC(C)=O)C32. The average Bonchev–Trinajstić information content (AvgIpc) is 3.86. The molecule has 1 aromatic heterocycles. The van der Waals surface area contributed by atoms with Crippen molar-refractivity contribution in [3.8, 4) is 5.75 Å². The molecule has 1 spiro atoms. The molecule has 5 aliphatic heterocycles. The van der Waals surface area contributed by atoms with E-state index in [9.17, 15) is 19.8 Å². The third-order valence-electron chi connectivity index (χ3n) is 15.0. The normalized spacial score (nSPS) is 37.4. The van der Waals surface area contributed by atoms with Crippen LogP contribution in [0.5, 0.6) is 5.75 Å². The summed E-state index contributed by atoms with van der Waals surface area (Å²) in [7, 11) is 6.14. The Hall–Kier alpha value is -4.43. The Morgan fingerprint density at radius 1 is 0.983 bits per heavy atom. The predicted molar refractivity (Wildman–Crippen MR) is 216 cm³/mol. The van der Waals surface area contributed by atoms with Crippen molar-refractivity contribution in [3.05, 3.63) is 70.9 Å². The summed E-state index contributed by atoms with van der Waals surface area (Å²) >= 11 is 0. The smallest absolute Gasteiger partial charge is 0.344 e. The number of para-hydroxylation sites is 1. The lowest BCUT2D eigenvalue weighted by molar-refractivity contribution is -0.228. The molecule has 6 aliphatic rings. The Bertz CT molecular complexity index is 2240. The van der Waals surface area contributed by atoms with E-state index in [2.05, 4.69) is 33.0 Å². The van der Waals surface area contributed by atoms with Gasteiger partial charge in [0, 0.05) is 90.9 Å². The molecular formula is C45H56N4O9. The number of benzene rings is 2. The van der Waals surface area contributed by atoms with Crippen LogP contribution in [0.4, 0.5) is 5.69 Å². The van der Waals surface area contributed by atoms with Gasteiger partial charge >= 0.3 is 17.9 Å². The minimum Gasteiger partial charge on any atom is -0.496 e. The monoisotopic (exact) mass is 796 g/mol. The highest BCUT2D eigenvalue weighted by Gasteiger charge is 2.80. The van der Waals surface area contributed by atoms with E-state index in [0.29, 0.717) is 76.1 Å². The molecule has 2 bridgehead atoms. The lowest BCUT2D eigenvalue weighted by Crippen LogP contribution is -2.81. The first-order chi connectivity index (χ1) is 27.7. The zero-order valence-corrected chi connectivity index (χ0v) is 34.6. The van der Waals surface area contributed by atoms with Gasteiger partial charge in [-0.3, -0.25) is 19.4 Å². The lowest BCUT2D eigenvalue weighted by Gasteiger charge is -2.63. The predicted octanol–water partition coefficient (Wildman–Crippen LogP) is 3.60. The van der Waals surface area contributed by atoms with Gasteiger partial charge in [-0.15, -0.1) is 0 Å². The quantitative estimate of drug-likeness (QED) is 0.190. The second kappa shape index (κ2) is 13.3. The minimum absolute atomic E-state index is 0.103. The fourth-order valence-corrected chi connectivity index (χ4v) is 13.4. The molecule has 1 saturated carbocycles. The van der Waals surface area contributed by atoms with Crippen LogP contribution in [0.25, 0.3) is 10.9 Å². The first-order valence-electron chi connectivity index (χ1n) is 20.7. The Morgan fingerprint density at radius 3 is 2.45 bits per heavy atom.